The first kappa shape index (κ1) is 14.4. The third-order valence-electron chi connectivity index (χ3n) is 2.78. The monoisotopic (exact) mass is 289 g/mol. The number of nitrogens with one attached hydrogen (secondary N) is 1. The predicted octanol–water partition coefficient (Wildman–Crippen LogP) is 3.36. The zero-order valence-electron chi connectivity index (χ0n) is 10.6. The van der Waals surface area contributed by atoms with Gasteiger partial charge in [0.05, 0.1) is 16.6 Å². The Morgan fingerprint density at radius 1 is 1.24 bits per heavy atom. The number of anilines is 1. The predicted molar refractivity (Wildman–Crippen MR) is 71.5 cm³/mol. The smallest absolute Gasteiger partial charge is 0.327 e. The molecule has 7 heteroatoms. The summed E-state index contributed by atoms with van der Waals surface area (Å²) < 4.78 is 26.6. The molecule has 0 bridgehead atoms. The van der Waals surface area contributed by atoms with E-state index in [-0.39, 0.29) is 12.2 Å². The van der Waals surface area contributed by atoms with Gasteiger partial charge in [-0.2, -0.15) is 9.65 Å². The van der Waals surface area contributed by atoms with Crippen LogP contribution in [0, 0.1) is 33.1 Å². The lowest BCUT2D eigenvalue weighted by atomic mass is 10.1. The molecular formula is C14H9F2N3O2. The summed E-state index contributed by atoms with van der Waals surface area (Å²) in [5.74, 6) is -2.14. The van der Waals surface area contributed by atoms with Crippen molar-refractivity contribution in [3.8, 4) is 6.07 Å². The Labute approximate surface area is 118 Å². The van der Waals surface area contributed by atoms with Crippen molar-refractivity contribution >= 4 is 11.4 Å². The van der Waals surface area contributed by atoms with Crippen molar-refractivity contribution in [2.45, 2.75) is 6.54 Å². The van der Waals surface area contributed by atoms with Gasteiger partial charge >= 0.3 is 5.69 Å². The third kappa shape index (κ3) is 3.30. The summed E-state index contributed by atoms with van der Waals surface area (Å²) in [6.45, 7) is 0.134. The van der Waals surface area contributed by atoms with Gasteiger partial charge in [-0.05, 0) is 17.7 Å². The van der Waals surface area contributed by atoms with Gasteiger partial charge in [-0.25, -0.2) is 4.39 Å². The minimum absolute atomic E-state index is 0.134. The number of nitro benzene ring substituents is 1. The van der Waals surface area contributed by atoms with E-state index in [1.54, 1.807) is 24.3 Å². The van der Waals surface area contributed by atoms with Crippen LogP contribution >= 0.6 is 0 Å². The largest absolute Gasteiger partial charge is 0.375 e. The molecule has 0 spiro atoms. The Balaban J connectivity index is 2.23. The van der Waals surface area contributed by atoms with Gasteiger partial charge in [0.1, 0.15) is 11.5 Å². The molecule has 0 saturated heterocycles. The lowest BCUT2D eigenvalue weighted by molar-refractivity contribution is -0.386. The Morgan fingerprint density at radius 2 is 1.90 bits per heavy atom. The average molecular weight is 289 g/mol. The SMILES string of the molecule is N#Cc1ccc(CNc2cc(F)cc(F)c2[N+](=O)[O-])cc1. The maximum Gasteiger partial charge on any atom is 0.327 e. The van der Waals surface area contributed by atoms with E-state index in [1.165, 1.54) is 0 Å². The number of nitrogens with zero attached hydrogens (tertiary/aromatic N) is 2. The zero-order chi connectivity index (χ0) is 15.4. The molecule has 0 saturated carbocycles. The quantitative estimate of drug-likeness (QED) is 0.691. The fourth-order valence-corrected chi connectivity index (χ4v) is 1.78. The zero-order valence-corrected chi connectivity index (χ0v) is 10.6. The van der Waals surface area contributed by atoms with Crippen molar-refractivity contribution in [2.24, 2.45) is 0 Å². The molecule has 1 N–H and O–H groups in total. The van der Waals surface area contributed by atoms with E-state index >= 15 is 0 Å². The summed E-state index contributed by atoms with van der Waals surface area (Å²) in [5.41, 5.74) is 0.154. The lowest BCUT2D eigenvalue weighted by Gasteiger charge is -2.08. The average Bonchev–Trinajstić information content (AvgIpc) is 2.44. The van der Waals surface area contributed by atoms with Gasteiger partial charge in [0.2, 0.25) is 5.82 Å². The van der Waals surface area contributed by atoms with E-state index in [0.717, 1.165) is 6.07 Å². The molecule has 0 aliphatic heterocycles. The molecule has 21 heavy (non-hydrogen) atoms. The van der Waals surface area contributed by atoms with Gasteiger partial charge in [0.15, 0.2) is 0 Å². The summed E-state index contributed by atoms with van der Waals surface area (Å²) >= 11 is 0. The molecule has 0 radical (unpaired) electrons. The lowest BCUT2D eigenvalue weighted by Crippen LogP contribution is -2.05. The van der Waals surface area contributed by atoms with Gasteiger partial charge in [-0.15, -0.1) is 0 Å². The minimum Gasteiger partial charge on any atom is -0.375 e. The molecule has 2 aromatic rings. The fourth-order valence-electron chi connectivity index (χ4n) is 1.78. The van der Waals surface area contributed by atoms with Gasteiger partial charge in [0.25, 0.3) is 0 Å². The van der Waals surface area contributed by atoms with Crippen molar-refractivity contribution in [2.75, 3.05) is 5.32 Å². The highest BCUT2D eigenvalue weighted by atomic mass is 19.1. The van der Waals surface area contributed by atoms with E-state index in [9.17, 15) is 18.9 Å². The minimum atomic E-state index is -1.23. The molecule has 2 aromatic carbocycles. The second-order valence-corrected chi connectivity index (χ2v) is 4.20. The van der Waals surface area contributed by atoms with E-state index in [2.05, 4.69) is 5.32 Å². The maximum absolute atomic E-state index is 13.4. The van der Waals surface area contributed by atoms with Crippen molar-refractivity contribution in [3.63, 3.8) is 0 Å². The van der Waals surface area contributed by atoms with Gasteiger partial charge in [-0.3, -0.25) is 10.1 Å². The normalized spacial score (nSPS) is 9.95. The molecule has 0 fully saturated rings. The highest BCUT2D eigenvalue weighted by molar-refractivity contribution is 5.62. The Bertz CT molecular complexity index is 724. The second-order valence-electron chi connectivity index (χ2n) is 4.20. The van der Waals surface area contributed by atoms with Crippen molar-refractivity contribution in [1.29, 1.82) is 5.26 Å². The van der Waals surface area contributed by atoms with Crippen LogP contribution in [0.5, 0.6) is 0 Å². The van der Waals surface area contributed by atoms with Crippen LogP contribution < -0.4 is 5.32 Å². The molecule has 0 atom stereocenters. The van der Waals surface area contributed by atoms with Gasteiger partial charge < -0.3 is 5.32 Å². The number of nitriles is 1. The highest BCUT2D eigenvalue weighted by Crippen LogP contribution is 2.29. The standard InChI is InChI=1S/C14H9F2N3O2/c15-11-5-12(16)14(19(20)21)13(6-11)18-8-10-3-1-9(7-17)2-4-10/h1-6,18H,8H2. The third-order valence-corrected chi connectivity index (χ3v) is 2.78. The van der Waals surface area contributed by atoms with Crippen LogP contribution in [0.25, 0.3) is 0 Å². The molecule has 0 aliphatic carbocycles. The molecule has 0 aromatic heterocycles. The summed E-state index contributed by atoms with van der Waals surface area (Å²) in [5, 5.41) is 22.1. The number of rotatable bonds is 4. The van der Waals surface area contributed by atoms with Crippen LogP contribution in [-0.2, 0) is 6.54 Å². The van der Waals surface area contributed by atoms with E-state index in [1.807, 2.05) is 6.07 Å². The van der Waals surface area contributed by atoms with Gasteiger partial charge in [-0.1, -0.05) is 12.1 Å². The topological polar surface area (TPSA) is 79.0 Å². The highest BCUT2D eigenvalue weighted by Gasteiger charge is 2.21. The second kappa shape index (κ2) is 5.96. The summed E-state index contributed by atoms with van der Waals surface area (Å²) in [4.78, 5) is 9.91. The first-order chi connectivity index (χ1) is 10.0. The Hall–Kier alpha value is -3.01. The van der Waals surface area contributed by atoms with E-state index in [4.69, 9.17) is 5.26 Å². The molecule has 0 unspecified atom stereocenters. The van der Waals surface area contributed by atoms with E-state index in [0.29, 0.717) is 17.2 Å². The molecule has 0 amide bonds. The van der Waals surface area contributed by atoms with Crippen molar-refractivity contribution < 1.29 is 13.7 Å². The van der Waals surface area contributed by atoms with Crippen LogP contribution in [0.4, 0.5) is 20.2 Å². The number of hydrogen-bond acceptors (Lipinski definition) is 4. The number of nitro groups is 1. The fraction of sp³-hybridized carbons (Fsp3) is 0.0714. The Kier molecular flexibility index (Phi) is 4.09. The number of hydrogen-bond donors (Lipinski definition) is 1. The summed E-state index contributed by atoms with van der Waals surface area (Å²) in [6, 6.07) is 9.74. The molecular weight excluding hydrogens is 280 g/mol. The van der Waals surface area contributed by atoms with Crippen molar-refractivity contribution in [1.82, 2.24) is 0 Å². The number of halogens is 2. The molecule has 106 valence electrons. The Morgan fingerprint density at radius 3 is 2.48 bits per heavy atom. The van der Waals surface area contributed by atoms with Crippen LogP contribution in [0.3, 0.4) is 0 Å². The molecule has 5 nitrogen and oxygen atoms in total. The summed E-state index contributed by atoms with van der Waals surface area (Å²) in [6.07, 6.45) is 0. The van der Waals surface area contributed by atoms with Crippen LogP contribution in [0.15, 0.2) is 36.4 Å². The maximum atomic E-state index is 13.4. The summed E-state index contributed by atoms with van der Waals surface area (Å²) in [7, 11) is 0. The molecule has 0 aliphatic rings. The van der Waals surface area contributed by atoms with Gasteiger partial charge in [0, 0.05) is 18.7 Å². The molecule has 2 rings (SSSR count). The van der Waals surface area contributed by atoms with Crippen LogP contribution in [0.2, 0.25) is 0 Å². The van der Waals surface area contributed by atoms with E-state index < -0.39 is 22.2 Å². The van der Waals surface area contributed by atoms with Crippen LogP contribution in [0.1, 0.15) is 11.1 Å². The molecule has 0 heterocycles. The first-order valence-corrected chi connectivity index (χ1v) is 5.87. The first-order valence-electron chi connectivity index (χ1n) is 5.87. The number of benzene rings is 2. The van der Waals surface area contributed by atoms with Crippen LogP contribution in [-0.4, -0.2) is 4.92 Å². The van der Waals surface area contributed by atoms with Crippen molar-refractivity contribution in [3.05, 3.63) is 69.3 Å².